The Morgan fingerprint density at radius 3 is 2.53 bits per heavy atom. The third-order valence-electron chi connectivity index (χ3n) is 6.20. The standard InChI is InChI=1S/C28H30N4O4/c1-16-24(17(2)36-31-16)19-12-20(13-22(33)15-21-8-6-7-11-29-21)25-23(14-19)32(26(30-25)18-9-10-18)27(34)35-28(3,4)5/h6-8,11-12,14,18H,9-10,13,15H2,1-5H3. The van der Waals surface area contributed by atoms with Crippen LogP contribution in [-0.2, 0) is 22.4 Å². The van der Waals surface area contributed by atoms with Gasteiger partial charge in [-0.15, -0.1) is 0 Å². The molecule has 0 amide bonds. The minimum atomic E-state index is -0.657. The average Bonchev–Trinajstić information content (AvgIpc) is 3.49. The minimum Gasteiger partial charge on any atom is -0.443 e. The molecule has 1 aliphatic rings. The average molecular weight is 487 g/mol. The SMILES string of the molecule is Cc1noc(C)c1-c1cc(CC(=O)Cc2ccccn2)c2nc(C3CC3)n(C(=O)OC(C)(C)C)c2c1. The zero-order valence-corrected chi connectivity index (χ0v) is 21.3. The smallest absolute Gasteiger partial charge is 0.420 e. The van der Waals surface area contributed by atoms with Crippen molar-refractivity contribution >= 4 is 22.9 Å². The van der Waals surface area contributed by atoms with Gasteiger partial charge in [-0.05, 0) is 82.9 Å². The highest BCUT2D eigenvalue weighted by molar-refractivity contribution is 5.96. The molecule has 5 rings (SSSR count). The van der Waals surface area contributed by atoms with E-state index in [1.165, 1.54) is 0 Å². The molecule has 0 saturated heterocycles. The molecule has 0 bridgehead atoms. The summed E-state index contributed by atoms with van der Waals surface area (Å²) in [5.74, 6) is 1.58. The molecule has 0 atom stereocenters. The van der Waals surface area contributed by atoms with Gasteiger partial charge in [-0.1, -0.05) is 11.2 Å². The van der Waals surface area contributed by atoms with Gasteiger partial charge in [-0.3, -0.25) is 9.78 Å². The van der Waals surface area contributed by atoms with Gasteiger partial charge in [0.05, 0.1) is 16.7 Å². The van der Waals surface area contributed by atoms with Crippen LogP contribution < -0.4 is 0 Å². The quantitative estimate of drug-likeness (QED) is 0.344. The van der Waals surface area contributed by atoms with Crippen LogP contribution in [0.1, 0.15) is 68.1 Å². The fraction of sp³-hybridized carbons (Fsp3) is 0.393. The molecule has 0 N–H and O–H groups in total. The summed E-state index contributed by atoms with van der Waals surface area (Å²) in [5, 5.41) is 4.10. The molecule has 1 aliphatic carbocycles. The first-order valence-corrected chi connectivity index (χ1v) is 12.2. The zero-order valence-electron chi connectivity index (χ0n) is 21.3. The van der Waals surface area contributed by atoms with Crippen LogP contribution in [0, 0.1) is 13.8 Å². The van der Waals surface area contributed by atoms with E-state index in [1.807, 2.05) is 65.0 Å². The van der Waals surface area contributed by atoms with Crippen molar-refractivity contribution in [1.82, 2.24) is 19.7 Å². The van der Waals surface area contributed by atoms with Crippen molar-refractivity contribution in [2.45, 2.75) is 71.8 Å². The van der Waals surface area contributed by atoms with E-state index in [9.17, 15) is 9.59 Å². The molecule has 0 radical (unpaired) electrons. The molecule has 4 aromatic rings. The summed E-state index contributed by atoms with van der Waals surface area (Å²) in [7, 11) is 0. The number of benzene rings is 1. The van der Waals surface area contributed by atoms with Crippen LogP contribution in [0.15, 0.2) is 41.1 Å². The zero-order chi connectivity index (χ0) is 25.6. The maximum Gasteiger partial charge on any atom is 0.420 e. The Balaban J connectivity index is 1.66. The van der Waals surface area contributed by atoms with E-state index < -0.39 is 11.7 Å². The number of rotatable bonds is 6. The summed E-state index contributed by atoms with van der Waals surface area (Å²) in [6.07, 6.45) is 3.55. The van der Waals surface area contributed by atoms with Gasteiger partial charge in [0, 0.05) is 36.2 Å². The van der Waals surface area contributed by atoms with Crippen LogP contribution >= 0.6 is 0 Å². The van der Waals surface area contributed by atoms with Gasteiger partial charge in [-0.25, -0.2) is 14.3 Å². The van der Waals surface area contributed by atoms with Crippen LogP contribution in [-0.4, -0.2) is 37.2 Å². The van der Waals surface area contributed by atoms with Gasteiger partial charge < -0.3 is 9.26 Å². The Hall–Kier alpha value is -3.81. The first kappa shape index (κ1) is 23.9. The Morgan fingerprint density at radius 2 is 1.92 bits per heavy atom. The molecule has 36 heavy (non-hydrogen) atoms. The summed E-state index contributed by atoms with van der Waals surface area (Å²) in [5.41, 5.74) is 4.51. The summed E-state index contributed by atoms with van der Waals surface area (Å²) in [6, 6.07) is 9.44. The fourth-order valence-electron chi connectivity index (χ4n) is 4.53. The summed E-state index contributed by atoms with van der Waals surface area (Å²) in [4.78, 5) is 35.7. The minimum absolute atomic E-state index is 0.0192. The number of hydrogen-bond acceptors (Lipinski definition) is 7. The van der Waals surface area contributed by atoms with Crippen LogP contribution in [0.4, 0.5) is 4.79 Å². The van der Waals surface area contributed by atoms with E-state index in [4.69, 9.17) is 14.2 Å². The number of imidazole rings is 1. The highest BCUT2D eigenvalue weighted by atomic mass is 16.6. The highest BCUT2D eigenvalue weighted by Crippen LogP contribution is 2.42. The Kier molecular flexibility index (Phi) is 5.98. The van der Waals surface area contributed by atoms with Crippen LogP contribution in [0.25, 0.3) is 22.2 Å². The number of ether oxygens (including phenoxy) is 1. The topological polar surface area (TPSA) is 100 Å². The van der Waals surface area contributed by atoms with Crippen molar-refractivity contribution in [3.8, 4) is 11.1 Å². The van der Waals surface area contributed by atoms with E-state index in [-0.39, 0.29) is 24.5 Å². The molecular weight excluding hydrogens is 456 g/mol. The van der Waals surface area contributed by atoms with E-state index in [0.29, 0.717) is 22.6 Å². The predicted octanol–water partition coefficient (Wildman–Crippen LogP) is 5.72. The maximum absolute atomic E-state index is 13.4. The molecule has 8 nitrogen and oxygen atoms in total. The van der Waals surface area contributed by atoms with Crippen LogP contribution in [0.5, 0.6) is 0 Å². The van der Waals surface area contributed by atoms with Crippen molar-refractivity contribution in [3.05, 3.63) is 65.1 Å². The van der Waals surface area contributed by atoms with Crippen molar-refractivity contribution in [2.24, 2.45) is 0 Å². The molecular formula is C28H30N4O4. The third-order valence-corrected chi connectivity index (χ3v) is 6.20. The molecule has 0 unspecified atom stereocenters. The highest BCUT2D eigenvalue weighted by Gasteiger charge is 2.34. The van der Waals surface area contributed by atoms with Gasteiger partial charge in [0.1, 0.15) is 23.0 Å². The summed E-state index contributed by atoms with van der Waals surface area (Å²) >= 11 is 0. The fourth-order valence-corrected chi connectivity index (χ4v) is 4.53. The third kappa shape index (κ3) is 4.80. The Labute approximate surface area is 209 Å². The first-order chi connectivity index (χ1) is 17.1. The Bertz CT molecular complexity index is 1440. The van der Waals surface area contributed by atoms with Crippen molar-refractivity contribution in [3.63, 3.8) is 0 Å². The number of nitrogens with zero attached hydrogens (tertiary/aromatic N) is 4. The van der Waals surface area contributed by atoms with E-state index >= 15 is 0 Å². The first-order valence-electron chi connectivity index (χ1n) is 12.2. The van der Waals surface area contributed by atoms with E-state index in [1.54, 1.807) is 10.8 Å². The predicted molar refractivity (Wildman–Crippen MR) is 135 cm³/mol. The molecule has 3 aromatic heterocycles. The van der Waals surface area contributed by atoms with Crippen LogP contribution in [0.3, 0.4) is 0 Å². The lowest BCUT2D eigenvalue weighted by Crippen LogP contribution is -2.28. The van der Waals surface area contributed by atoms with Crippen LogP contribution in [0.2, 0.25) is 0 Å². The summed E-state index contributed by atoms with van der Waals surface area (Å²) < 4.78 is 12.8. The lowest BCUT2D eigenvalue weighted by atomic mass is 9.97. The van der Waals surface area contributed by atoms with Crippen molar-refractivity contribution < 1.29 is 18.8 Å². The number of Topliss-reactive ketones (excluding diaryl/α,β-unsaturated/α-hetero) is 1. The number of aryl methyl sites for hydroxylation is 2. The van der Waals surface area contributed by atoms with Gasteiger partial charge in [0.25, 0.3) is 0 Å². The van der Waals surface area contributed by atoms with Gasteiger partial charge >= 0.3 is 6.09 Å². The van der Waals surface area contributed by atoms with Crippen molar-refractivity contribution in [2.75, 3.05) is 0 Å². The summed E-state index contributed by atoms with van der Waals surface area (Å²) in [6.45, 7) is 9.27. The largest absolute Gasteiger partial charge is 0.443 e. The molecule has 186 valence electrons. The second-order valence-corrected chi connectivity index (χ2v) is 10.5. The molecule has 3 heterocycles. The number of carbonyl (C=O) groups is 2. The molecule has 1 saturated carbocycles. The second-order valence-electron chi connectivity index (χ2n) is 10.5. The number of pyridine rings is 1. The molecule has 1 fully saturated rings. The Morgan fingerprint density at radius 1 is 1.14 bits per heavy atom. The number of hydrogen-bond donors (Lipinski definition) is 0. The lowest BCUT2D eigenvalue weighted by molar-refractivity contribution is -0.117. The lowest BCUT2D eigenvalue weighted by Gasteiger charge is -2.20. The number of carbonyl (C=O) groups excluding carboxylic acids is 2. The molecule has 8 heteroatoms. The maximum atomic E-state index is 13.4. The normalized spacial score (nSPS) is 13.8. The van der Waals surface area contributed by atoms with E-state index in [0.717, 1.165) is 40.9 Å². The van der Waals surface area contributed by atoms with Gasteiger partial charge in [-0.2, -0.15) is 0 Å². The number of fused-ring (bicyclic) bond motifs is 1. The van der Waals surface area contributed by atoms with Gasteiger partial charge in [0.2, 0.25) is 0 Å². The molecule has 0 spiro atoms. The number of ketones is 1. The molecule has 1 aromatic carbocycles. The number of aromatic nitrogens is 4. The van der Waals surface area contributed by atoms with E-state index in [2.05, 4.69) is 10.1 Å². The molecule has 0 aliphatic heterocycles. The van der Waals surface area contributed by atoms with Crippen molar-refractivity contribution in [1.29, 1.82) is 0 Å². The second kappa shape index (κ2) is 9.00. The monoisotopic (exact) mass is 486 g/mol. The van der Waals surface area contributed by atoms with Gasteiger partial charge in [0.15, 0.2) is 0 Å².